The van der Waals surface area contributed by atoms with E-state index in [4.69, 9.17) is 23.1 Å². The Bertz CT molecular complexity index is 489. The average Bonchev–Trinajstić information content (AvgIpc) is 2.42. The van der Waals surface area contributed by atoms with Gasteiger partial charge in [-0.05, 0) is 19.1 Å². The van der Waals surface area contributed by atoms with Crippen LogP contribution in [0.4, 0.5) is 5.69 Å². The van der Waals surface area contributed by atoms with Gasteiger partial charge in [-0.15, -0.1) is 0 Å². The lowest BCUT2D eigenvalue weighted by molar-refractivity contribution is 0.700. The Balaban J connectivity index is 2.57. The van der Waals surface area contributed by atoms with E-state index in [1.807, 2.05) is 23.6 Å². The third-order valence-electron chi connectivity index (χ3n) is 2.20. The number of aromatic nitrogens is 2. The number of anilines is 1. The zero-order chi connectivity index (χ0) is 11.0. The summed E-state index contributed by atoms with van der Waals surface area (Å²) in [5.74, 6) is 0.866. The zero-order valence-corrected chi connectivity index (χ0v) is 9.20. The molecular formula is C10H13ClN4. The normalized spacial score (nSPS) is 13.3. The molecule has 80 valence electrons. The highest BCUT2D eigenvalue weighted by Gasteiger charge is 2.10. The van der Waals surface area contributed by atoms with Crippen LogP contribution in [-0.2, 0) is 6.42 Å². The average molecular weight is 225 g/mol. The molecule has 0 fully saturated rings. The van der Waals surface area contributed by atoms with Crippen molar-refractivity contribution < 1.29 is 0 Å². The minimum Gasteiger partial charge on any atom is -0.399 e. The van der Waals surface area contributed by atoms with E-state index in [1.54, 1.807) is 6.07 Å². The van der Waals surface area contributed by atoms with Gasteiger partial charge in [0.2, 0.25) is 0 Å². The predicted octanol–water partition coefficient (Wildman–Crippen LogP) is 1.46. The van der Waals surface area contributed by atoms with Crippen molar-refractivity contribution in [1.29, 1.82) is 0 Å². The standard InChI is InChI=1S/C10H13ClN4/c1-6(12)4-9-14-10(11)8-5-7(13)2-3-15(8)9/h2-3,5-6H,4,12-13H2,1H3. The summed E-state index contributed by atoms with van der Waals surface area (Å²) in [5, 5.41) is 0.470. The first-order chi connectivity index (χ1) is 7.08. The fraction of sp³-hybridized carbons (Fsp3) is 0.300. The number of rotatable bonds is 2. The van der Waals surface area contributed by atoms with Crippen molar-refractivity contribution in [2.24, 2.45) is 5.73 Å². The highest BCUT2D eigenvalue weighted by atomic mass is 35.5. The molecule has 0 spiro atoms. The number of nitrogens with two attached hydrogens (primary N) is 2. The van der Waals surface area contributed by atoms with Crippen LogP contribution in [0.1, 0.15) is 12.7 Å². The van der Waals surface area contributed by atoms with Crippen LogP contribution in [0.25, 0.3) is 5.52 Å². The van der Waals surface area contributed by atoms with E-state index >= 15 is 0 Å². The number of nitrogens with zero attached hydrogens (tertiary/aromatic N) is 2. The Morgan fingerprint density at radius 2 is 2.33 bits per heavy atom. The van der Waals surface area contributed by atoms with Crippen LogP contribution < -0.4 is 11.5 Å². The van der Waals surface area contributed by atoms with Crippen molar-refractivity contribution in [3.63, 3.8) is 0 Å². The van der Waals surface area contributed by atoms with Gasteiger partial charge in [-0.3, -0.25) is 0 Å². The molecule has 0 aliphatic rings. The molecular weight excluding hydrogens is 212 g/mol. The van der Waals surface area contributed by atoms with Crippen molar-refractivity contribution in [3.8, 4) is 0 Å². The van der Waals surface area contributed by atoms with Crippen LogP contribution in [0.2, 0.25) is 5.15 Å². The molecule has 1 unspecified atom stereocenters. The summed E-state index contributed by atoms with van der Waals surface area (Å²) in [6, 6.07) is 3.68. The second-order valence-corrected chi connectivity index (χ2v) is 4.07. The van der Waals surface area contributed by atoms with E-state index in [-0.39, 0.29) is 6.04 Å². The third kappa shape index (κ3) is 1.91. The Morgan fingerprint density at radius 3 is 3.00 bits per heavy atom. The van der Waals surface area contributed by atoms with Gasteiger partial charge < -0.3 is 15.9 Å². The monoisotopic (exact) mass is 224 g/mol. The van der Waals surface area contributed by atoms with E-state index in [0.717, 1.165) is 11.3 Å². The molecule has 4 nitrogen and oxygen atoms in total. The van der Waals surface area contributed by atoms with Gasteiger partial charge in [-0.2, -0.15) is 0 Å². The first-order valence-corrected chi connectivity index (χ1v) is 5.13. The molecule has 2 heterocycles. The predicted molar refractivity (Wildman–Crippen MR) is 62.0 cm³/mol. The minimum absolute atomic E-state index is 0.0595. The second-order valence-electron chi connectivity index (χ2n) is 3.72. The molecule has 1 atom stereocenters. The Hall–Kier alpha value is -1.26. The lowest BCUT2D eigenvalue weighted by Crippen LogP contribution is -2.19. The summed E-state index contributed by atoms with van der Waals surface area (Å²) in [6.45, 7) is 1.94. The van der Waals surface area contributed by atoms with E-state index in [2.05, 4.69) is 4.98 Å². The zero-order valence-electron chi connectivity index (χ0n) is 8.44. The molecule has 0 aliphatic carbocycles. The minimum atomic E-state index is 0.0595. The van der Waals surface area contributed by atoms with Crippen molar-refractivity contribution in [2.45, 2.75) is 19.4 Å². The van der Waals surface area contributed by atoms with Crippen LogP contribution in [0.5, 0.6) is 0 Å². The van der Waals surface area contributed by atoms with Crippen LogP contribution in [0.3, 0.4) is 0 Å². The maximum Gasteiger partial charge on any atom is 0.155 e. The highest BCUT2D eigenvalue weighted by molar-refractivity contribution is 6.32. The molecule has 2 aromatic heterocycles. The molecule has 0 saturated carbocycles. The maximum absolute atomic E-state index is 6.00. The first-order valence-electron chi connectivity index (χ1n) is 4.75. The molecule has 0 aromatic carbocycles. The SMILES string of the molecule is CC(N)Cc1nc(Cl)c2cc(N)ccn12. The smallest absolute Gasteiger partial charge is 0.155 e. The lowest BCUT2D eigenvalue weighted by Gasteiger charge is -2.04. The van der Waals surface area contributed by atoms with Gasteiger partial charge in [-0.1, -0.05) is 11.6 Å². The van der Waals surface area contributed by atoms with Gasteiger partial charge in [0, 0.05) is 24.3 Å². The number of pyridine rings is 1. The highest BCUT2D eigenvalue weighted by Crippen LogP contribution is 2.20. The van der Waals surface area contributed by atoms with E-state index < -0.39 is 0 Å². The fourth-order valence-electron chi connectivity index (χ4n) is 1.56. The third-order valence-corrected chi connectivity index (χ3v) is 2.48. The summed E-state index contributed by atoms with van der Waals surface area (Å²) in [5.41, 5.74) is 12.9. The number of fused-ring (bicyclic) bond motifs is 1. The molecule has 4 N–H and O–H groups in total. The van der Waals surface area contributed by atoms with Gasteiger partial charge in [0.05, 0.1) is 5.52 Å². The molecule has 0 bridgehead atoms. The molecule has 15 heavy (non-hydrogen) atoms. The fourth-order valence-corrected chi connectivity index (χ4v) is 1.80. The number of hydrogen-bond acceptors (Lipinski definition) is 3. The lowest BCUT2D eigenvalue weighted by atomic mass is 10.2. The maximum atomic E-state index is 6.00. The van der Waals surface area contributed by atoms with Crippen molar-refractivity contribution in [1.82, 2.24) is 9.38 Å². The first kappa shape index (κ1) is 10.3. The largest absolute Gasteiger partial charge is 0.399 e. The van der Waals surface area contributed by atoms with Crippen LogP contribution in [-0.4, -0.2) is 15.4 Å². The molecule has 5 heteroatoms. The Labute approximate surface area is 92.8 Å². The summed E-state index contributed by atoms with van der Waals surface area (Å²) < 4.78 is 1.92. The van der Waals surface area contributed by atoms with Gasteiger partial charge >= 0.3 is 0 Å². The van der Waals surface area contributed by atoms with E-state index in [0.29, 0.717) is 17.3 Å². The summed E-state index contributed by atoms with van der Waals surface area (Å²) >= 11 is 6.00. The van der Waals surface area contributed by atoms with E-state index in [1.165, 1.54) is 0 Å². The van der Waals surface area contributed by atoms with Gasteiger partial charge in [0.25, 0.3) is 0 Å². The van der Waals surface area contributed by atoms with Crippen molar-refractivity contribution in [3.05, 3.63) is 29.3 Å². The summed E-state index contributed by atoms with van der Waals surface area (Å²) in [6.07, 6.45) is 2.55. The number of imidazole rings is 1. The van der Waals surface area contributed by atoms with Crippen molar-refractivity contribution >= 4 is 22.8 Å². The molecule has 2 aromatic rings. The van der Waals surface area contributed by atoms with Crippen molar-refractivity contribution in [2.75, 3.05) is 5.73 Å². The molecule has 0 radical (unpaired) electrons. The molecule has 0 aliphatic heterocycles. The number of halogens is 1. The van der Waals surface area contributed by atoms with Gasteiger partial charge in [-0.25, -0.2) is 4.98 Å². The molecule has 0 saturated heterocycles. The van der Waals surface area contributed by atoms with Crippen LogP contribution in [0, 0.1) is 0 Å². The quantitative estimate of drug-likeness (QED) is 0.812. The molecule has 0 amide bonds. The number of hydrogen-bond donors (Lipinski definition) is 2. The van der Waals surface area contributed by atoms with Crippen LogP contribution >= 0.6 is 11.6 Å². The van der Waals surface area contributed by atoms with Gasteiger partial charge in [0.15, 0.2) is 5.15 Å². The number of nitrogen functional groups attached to an aromatic ring is 1. The topological polar surface area (TPSA) is 69.3 Å². The van der Waals surface area contributed by atoms with E-state index in [9.17, 15) is 0 Å². The summed E-state index contributed by atoms with van der Waals surface area (Å²) in [4.78, 5) is 4.26. The van der Waals surface area contributed by atoms with Gasteiger partial charge in [0.1, 0.15) is 5.82 Å². The van der Waals surface area contributed by atoms with Crippen LogP contribution in [0.15, 0.2) is 18.3 Å². The Kier molecular flexibility index (Phi) is 2.54. The summed E-state index contributed by atoms with van der Waals surface area (Å²) in [7, 11) is 0. The molecule has 2 rings (SSSR count). The Morgan fingerprint density at radius 1 is 1.60 bits per heavy atom. The second kappa shape index (κ2) is 3.72.